The summed E-state index contributed by atoms with van der Waals surface area (Å²) in [5.41, 5.74) is 0. The molecule has 0 saturated carbocycles. The number of rotatable bonds is 1. The molecule has 1 fully saturated rings. The summed E-state index contributed by atoms with van der Waals surface area (Å²) in [6.45, 7) is 5.60. The van der Waals surface area contributed by atoms with Crippen LogP contribution in [0.2, 0.25) is 0 Å². The largest absolute Gasteiger partial charge is 0.436 e. The summed E-state index contributed by atoms with van der Waals surface area (Å²) < 4.78 is 10.2. The van der Waals surface area contributed by atoms with Crippen LogP contribution in [0, 0.1) is 5.92 Å². The molecule has 3 atom stereocenters. The van der Waals surface area contributed by atoms with Gasteiger partial charge in [-0.25, -0.2) is 0 Å². The SMILES string of the molecule is CC[C@@H]1C(=O)O[C@@H](C)O[C@H]1C. The van der Waals surface area contributed by atoms with E-state index in [-0.39, 0.29) is 24.3 Å². The second-order valence-corrected chi connectivity index (χ2v) is 2.86. The molecule has 1 aliphatic heterocycles. The Balaban J connectivity index is 2.59. The molecular weight excluding hydrogens is 144 g/mol. The molecule has 0 radical (unpaired) electrons. The van der Waals surface area contributed by atoms with Crippen LogP contribution in [0.25, 0.3) is 0 Å². The highest BCUT2D eigenvalue weighted by atomic mass is 16.7. The molecule has 64 valence electrons. The lowest BCUT2D eigenvalue weighted by molar-refractivity contribution is -0.221. The van der Waals surface area contributed by atoms with Gasteiger partial charge in [-0.1, -0.05) is 6.92 Å². The predicted octanol–water partition coefficient (Wildman–Crippen LogP) is 1.32. The van der Waals surface area contributed by atoms with Crippen LogP contribution in [-0.4, -0.2) is 18.4 Å². The van der Waals surface area contributed by atoms with Crippen molar-refractivity contribution in [3.8, 4) is 0 Å². The Morgan fingerprint density at radius 2 is 2.09 bits per heavy atom. The average molecular weight is 158 g/mol. The summed E-state index contributed by atoms with van der Waals surface area (Å²) >= 11 is 0. The molecule has 0 aromatic rings. The van der Waals surface area contributed by atoms with E-state index < -0.39 is 0 Å². The molecule has 0 aliphatic carbocycles. The van der Waals surface area contributed by atoms with Crippen molar-refractivity contribution < 1.29 is 14.3 Å². The van der Waals surface area contributed by atoms with Crippen molar-refractivity contribution in [1.29, 1.82) is 0 Å². The molecule has 11 heavy (non-hydrogen) atoms. The Morgan fingerprint density at radius 1 is 1.45 bits per heavy atom. The molecule has 0 amide bonds. The highest BCUT2D eigenvalue weighted by molar-refractivity contribution is 5.73. The van der Waals surface area contributed by atoms with Crippen LogP contribution >= 0.6 is 0 Å². The maximum atomic E-state index is 11.1. The molecular formula is C8H14O3. The van der Waals surface area contributed by atoms with Gasteiger partial charge in [0.15, 0.2) is 6.29 Å². The summed E-state index contributed by atoms with van der Waals surface area (Å²) in [5.74, 6) is -0.204. The van der Waals surface area contributed by atoms with E-state index in [0.717, 1.165) is 6.42 Å². The van der Waals surface area contributed by atoms with Gasteiger partial charge in [0.25, 0.3) is 0 Å². The Morgan fingerprint density at radius 3 is 2.55 bits per heavy atom. The third-order valence-corrected chi connectivity index (χ3v) is 2.00. The van der Waals surface area contributed by atoms with E-state index in [0.29, 0.717) is 0 Å². The molecule has 1 rings (SSSR count). The van der Waals surface area contributed by atoms with Crippen LogP contribution in [-0.2, 0) is 14.3 Å². The predicted molar refractivity (Wildman–Crippen MR) is 39.9 cm³/mol. The number of carbonyl (C=O) groups excluding carboxylic acids is 1. The Kier molecular flexibility index (Phi) is 2.49. The minimum Gasteiger partial charge on any atom is -0.436 e. The molecule has 3 nitrogen and oxygen atoms in total. The molecule has 1 heterocycles. The van der Waals surface area contributed by atoms with Crippen molar-refractivity contribution in [1.82, 2.24) is 0 Å². The highest BCUT2D eigenvalue weighted by Gasteiger charge is 2.33. The smallest absolute Gasteiger partial charge is 0.313 e. The van der Waals surface area contributed by atoms with Crippen molar-refractivity contribution in [3.05, 3.63) is 0 Å². The van der Waals surface area contributed by atoms with E-state index in [2.05, 4.69) is 0 Å². The molecule has 0 aromatic carbocycles. The fraction of sp³-hybridized carbons (Fsp3) is 0.875. The zero-order valence-electron chi connectivity index (χ0n) is 7.16. The van der Waals surface area contributed by atoms with Crippen LogP contribution in [0.15, 0.2) is 0 Å². The number of hydrogen-bond acceptors (Lipinski definition) is 3. The van der Waals surface area contributed by atoms with Gasteiger partial charge in [0.2, 0.25) is 0 Å². The molecule has 1 saturated heterocycles. The summed E-state index contributed by atoms with van der Waals surface area (Å²) in [5, 5.41) is 0. The molecule has 0 bridgehead atoms. The van der Waals surface area contributed by atoms with E-state index in [1.54, 1.807) is 6.92 Å². The van der Waals surface area contributed by atoms with Gasteiger partial charge in [-0.05, 0) is 20.3 Å². The minimum absolute atomic E-state index is 0.00347. The third-order valence-electron chi connectivity index (χ3n) is 2.00. The number of hydrogen-bond donors (Lipinski definition) is 0. The Hall–Kier alpha value is -0.570. The maximum absolute atomic E-state index is 11.1. The van der Waals surface area contributed by atoms with E-state index in [4.69, 9.17) is 9.47 Å². The zero-order chi connectivity index (χ0) is 8.43. The summed E-state index contributed by atoms with van der Waals surface area (Å²) in [4.78, 5) is 11.1. The number of esters is 1. The van der Waals surface area contributed by atoms with Gasteiger partial charge in [0, 0.05) is 0 Å². The van der Waals surface area contributed by atoms with Crippen LogP contribution in [0.5, 0.6) is 0 Å². The van der Waals surface area contributed by atoms with Gasteiger partial charge in [-0.15, -0.1) is 0 Å². The Bertz CT molecular complexity index is 155. The third kappa shape index (κ3) is 1.71. The summed E-state index contributed by atoms with van der Waals surface area (Å²) in [6.07, 6.45) is 0.406. The Labute approximate surface area is 66.7 Å². The molecule has 0 unspecified atom stereocenters. The normalized spacial score (nSPS) is 38.5. The number of ether oxygens (including phenoxy) is 2. The van der Waals surface area contributed by atoms with Crippen molar-refractivity contribution in [2.75, 3.05) is 0 Å². The standard InChI is InChI=1S/C8H14O3/c1-4-7-5(2)10-6(3)11-8(7)9/h5-7H,4H2,1-3H3/t5-,6-,7-/m0/s1. The van der Waals surface area contributed by atoms with Crippen LogP contribution < -0.4 is 0 Å². The molecule has 0 N–H and O–H groups in total. The van der Waals surface area contributed by atoms with E-state index >= 15 is 0 Å². The number of cyclic esters (lactones) is 1. The number of carbonyl (C=O) groups is 1. The van der Waals surface area contributed by atoms with Gasteiger partial charge in [0.05, 0.1) is 12.0 Å². The summed E-state index contributed by atoms with van der Waals surface area (Å²) in [7, 11) is 0. The second kappa shape index (κ2) is 3.22. The van der Waals surface area contributed by atoms with Crippen LogP contribution in [0.3, 0.4) is 0 Å². The monoisotopic (exact) mass is 158 g/mol. The van der Waals surface area contributed by atoms with Gasteiger partial charge in [-0.2, -0.15) is 0 Å². The van der Waals surface area contributed by atoms with Crippen molar-refractivity contribution in [2.24, 2.45) is 5.92 Å². The summed E-state index contributed by atoms with van der Waals surface area (Å²) in [6, 6.07) is 0. The van der Waals surface area contributed by atoms with Crippen molar-refractivity contribution >= 4 is 5.97 Å². The first-order chi connectivity index (χ1) is 5.15. The van der Waals surface area contributed by atoms with Crippen molar-refractivity contribution in [2.45, 2.75) is 39.6 Å². The topological polar surface area (TPSA) is 35.5 Å². The van der Waals surface area contributed by atoms with Crippen molar-refractivity contribution in [3.63, 3.8) is 0 Å². The minimum atomic E-state index is -0.375. The second-order valence-electron chi connectivity index (χ2n) is 2.86. The quantitative estimate of drug-likeness (QED) is 0.540. The lowest BCUT2D eigenvalue weighted by atomic mass is 10.0. The van der Waals surface area contributed by atoms with Gasteiger partial charge in [-0.3, -0.25) is 4.79 Å². The first kappa shape index (κ1) is 8.53. The van der Waals surface area contributed by atoms with Gasteiger partial charge in [0.1, 0.15) is 0 Å². The van der Waals surface area contributed by atoms with Crippen LogP contribution in [0.4, 0.5) is 0 Å². The maximum Gasteiger partial charge on any atom is 0.313 e. The van der Waals surface area contributed by atoms with Crippen LogP contribution in [0.1, 0.15) is 27.2 Å². The van der Waals surface area contributed by atoms with E-state index in [1.807, 2.05) is 13.8 Å². The van der Waals surface area contributed by atoms with E-state index in [9.17, 15) is 4.79 Å². The van der Waals surface area contributed by atoms with E-state index in [1.165, 1.54) is 0 Å². The lowest BCUT2D eigenvalue weighted by Crippen LogP contribution is -2.40. The fourth-order valence-electron chi connectivity index (χ4n) is 1.37. The first-order valence-corrected chi connectivity index (χ1v) is 4.01. The molecule has 0 aromatic heterocycles. The van der Waals surface area contributed by atoms with Gasteiger partial charge >= 0.3 is 5.97 Å². The molecule has 0 spiro atoms. The highest BCUT2D eigenvalue weighted by Crippen LogP contribution is 2.21. The zero-order valence-corrected chi connectivity index (χ0v) is 7.16. The lowest BCUT2D eigenvalue weighted by Gasteiger charge is -2.31. The molecule has 3 heteroatoms. The fourth-order valence-corrected chi connectivity index (χ4v) is 1.37. The van der Waals surface area contributed by atoms with Gasteiger partial charge < -0.3 is 9.47 Å². The first-order valence-electron chi connectivity index (χ1n) is 4.01. The molecule has 1 aliphatic rings. The average Bonchev–Trinajstić information content (AvgIpc) is 1.85.